The molecule has 0 unspecified atom stereocenters. The minimum atomic E-state index is -3.59. The van der Waals surface area contributed by atoms with Crippen molar-refractivity contribution in [3.05, 3.63) is 44.8 Å². The Hall–Kier alpha value is -0.890. The smallest absolute Gasteiger partial charge is 0.199 e. The van der Waals surface area contributed by atoms with E-state index in [0.29, 0.717) is 16.3 Å². The van der Waals surface area contributed by atoms with Gasteiger partial charge < -0.3 is 0 Å². The van der Waals surface area contributed by atoms with Gasteiger partial charge in [-0.15, -0.1) is 0 Å². The van der Waals surface area contributed by atoms with Gasteiger partial charge in [0.05, 0.1) is 16.3 Å². The summed E-state index contributed by atoms with van der Waals surface area (Å²) in [5.41, 5.74) is 2.04. The minimum absolute atomic E-state index is 0.300. The second kappa shape index (κ2) is 4.65. The zero-order chi connectivity index (χ0) is 13.5. The zero-order valence-electron chi connectivity index (χ0n) is 10.3. The molecular formula is C12H13IN2O2S. The van der Waals surface area contributed by atoms with Crippen LogP contribution in [-0.4, -0.2) is 17.6 Å². The Kier molecular flexibility index (Phi) is 3.50. The molecular weight excluding hydrogens is 363 g/mol. The summed E-state index contributed by atoms with van der Waals surface area (Å²) >= 11 is 2.16. The summed E-state index contributed by atoms with van der Waals surface area (Å²) in [6, 6.07) is 7.01. The predicted octanol–water partition coefficient (Wildman–Crippen LogP) is 2.65. The van der Waals surface area contributed by atoms with Crippen molar-refractivity contribution in [3.63, 3.8) is 0 Å². The molecule has 0 radical (unpaired) electrons. The maximum atomic E-state index is 12.5. The Morgan fingerprint density at radius 1 is 1.17 bits per heavy atom. The van der Waals surface area contributed by atoms with Gasteiger partial charge in [0.25, 0.3) is 10.0 Å². The van der Waals surface area contributed by atoms with E-state index in [1.807, 2.05) is 6.07 Å². The van der Waals surface area contributed by atoms with Gasteiger partial charge in [-0.1, -0.05) is 0 Å². The summed E-state index contributed by atoms with van der Waals surface area (Å²) < 4.78 is 27.1. The van der Waals surface area contributed by atoms with E-state index in [1.54, 1.807) is 39.0 Å². The van der Waals surface area contributed by atoms with Gasteiger partial charge in [-0.25, -0.2) is 0 Å². The van der Waals surface area contributed by atoms with Crippen molar-refractivity contribution in [1.82, 2.24) is 9.19 Å². The zero-order valence-corrected chi connectivity index (χ0v) is 13.3. The number of hydrogen-bond donors (Lipinski definition) is 0. The average Bonchev–Trinajstić information content (AvgIpc) is 2.57. The van der Waals surface area contributed by atoms with Gasteiger partial charge in [0.2, 0.25) is 0 Å². The van der Waals surface area contributed by atoms with E-state index in [9.17, 15) is 8.42 Å². The molecule has 2 rings (SSSR count). The molecule has 0 bridgehead atoms. The molecule has 0 amide bonds. The topological polar surface area (TPSA) is 52.0 Å². The van der Waals surface area contributed by atoms with Crippen molar-refractivity contribution in [2.75, 3.05) is 0 Å². The SMILES string of the molecule is Cc1cc(C)n(S(=O)(=O)c2ccc(I)cc2C)n1. The van der Waals surface area contributed by atoms with E-state index in [2.05, 4.69) is 27.7 Å². The van der Waals surface area contributed by atoms with E-state index in [-0.39, 0.29) is 0 Å². The lowest BCUT2D eigenvalue weighted by Crippen LogP contribution is -2.17. The summed E-state index contributed by atoms with van der Waals surface area (Å²) in [6.07, 6.45) is 0. The third-order valence-electron chi connectivity index (χ3n) is 2.61. The highest BCUT2D eigenvalue weighted by atomic mass is 127. The first-order valence-corrected chi connectivity index (χ1v) is 7.89. The summed E-state index contributed by atoms with van der Waals surface area (Å²) in [6.45, 7) is 5.31. The Bertz CT molecular complexity index is 705. The van der Waals surface area contributed by atoms with Crippen LogP contribution in [0.1, 0.15) is 17.0 Å². The second-order valence-electron chi connectivity index (χ2n) is 4.18. The molecule has 1 aromatic heterocycles. The van der Waals surface area contributed by atoms with Gasteiger partial charge in [-0.2, -0.15) is 17.6 Å². The molecule has 1 aromatic carbocycles. The third-order valence-corrected chi connectivity index (χ3v) is 5.12. The Morgan fingerprint density at radius 3 is 2.33 bits per heavy atom. The van der Waals surface area contributed by atoms with Gasteiger partial charge in [-0.3, -0.25) is 0 Å². The summed E-state index contributed by atoms with van der Waals surface area (Å²) in [5.74, 6) is 0. The second-order valence-corrected chi connectivity index (χ2v) is 7.17. The van der Waals surface area contributed by atoms with Crippen LogP contribution in [0.15, 0.2) is 29.2 Å². The van der Waals surface area contributed by atoms with Gasteiger partial charge >= 0.3 is 0 Å². The first-order chi connectivity index (χ1) is 8.32. The molecule has 0 fully saturated rings. The van der Waals surface area contributed by atoms with Crippen molar-refractivity contribution in [1.29, 1.82) is 0 Å². The lowest BCUT2D eigenvalue weighted by Gasteiger charge is -2.09. The fourth-order valence-corrected chi connectivity index (χ4v) is 4.05. The molecule has 0 aliphatic heterocycles. The monoisotopic (exact) mass is 376 g/mol. The lowest BCUT2D eigenvalue weighted by molar-refractivity contribution is 0.577. The first kappa shape index (κ1) is 13.5. The molecule has 0 spiro atoms. The molecule has 18 heavy (non-hydrogen) atoms. The molecule has 1 heterocycles. The van der Waals surface area contributed by atoms with Crippen LogP contribution in [0.2, 0.25) is 0 Å². The van der Waals surface area contributed by atoms with E-state index in [4.69, 9.17) is 0 Å². The quantitative estimate of drug-likeness (QED) is 0.758. The molecule has 0 aliphatic carbocycles. The van der Waals surface area contributed by atoms with E-state index >= 15 is 0 Å². The molecule has 0 N–H and O–H groups in total. The standard InChI is InChI=1S/C12H13IN2O2S/c1-8-6-11(13)4-5-12(8)18(16,17)15-10(3)7-9(2)14-15/h4-7H,1-3H3. The van der Waals surface area contributed by atoms with Crippen molar-refractivity contribution in [2.45, 2.75) is 25.7 Å². The first-order valence-electron chi connectivity index (χ1n) is 5.37. The highest BCUT2D eigenvalue weighted by Crippen LogP contribution is 2.21. The maximum absolute atomic E-state index is 12.5. The highest BCUT2D eigenvalue weighted by molar-refractivity contribution is 14.1. The number of halogens is 1. The molecule has 0 saturated heterocycles. The van der Waals surface area contributed by atoms with E-state index in [0.717, 1.165) is 13.2 Å². The van der Waals surface area contributed by atoms with Gasteiger partial charge in [0.15, 0.2) is 0 Å². The van der Waals surface area contributed by atoms with Crippen LogP contribution in [0, 0.1) is 24.3 Å². The Balaban J connectivity index is 2.65. The fourth-order valence-electron chi connectivity index (χ4n) is 1.85. The van der Waals surface area contributed by atoms with Gasteiger partial charge in [0.1, 0.15) is 0 Å². The molecule has 0 atom stereocenters. The molecule has 4 nitrogen and oxygen atoms in total. The van der Waals surface area contributed by atoms with E-state index in [1.165, 1.54) is 0 Å². The number of nitrogens with zero attached hydrogens (tertiary/aromatic N) is 2. The fraction of sp³-hybridized carbons (Fsp3) is 0.250. The number of hydrogen-bond acceptors (Lipinski definition) is 3. The summed E-state index contributed by atoms with van der Waals surface area (Å²) in [4.78, 5) is 0.300. The highest BCUT2D eigenvalue weighted by Gasteiger charge is 2.22. The Labute approximate surface area is 120 Å². The maximum Gasteiger partial charge on any atom is 0.283 e. The minimum Gasteiger partial charge on any atom is -0.199 e. The van der Waals surface area contributed by atoms with Gasteiger partial charge in [0, 0.05) is 3.57 Å². The van der Waals surface area contributed by atoms with Crippen LogP contribution in [-0.2, 0) is 10.0 Å². The average molecular weight is 376 g/mol. The van der Waals surface area contributed by atoms with Crippen LogP contribution in [0.25, 0.3) is 0 Å². The number of aromatic nitrogens is 2. The molecule has 96 valence electrons. The molecule has 0 saturated carbocycles. The van der Waals surface area contributed by atoms with Crippen LogP contribution in [0.3, 0.4) is 0 Å². The third kappa shape index (κ3) is 2.31. The van der Waals surface area contributed by atoms with Crippen molar-refractivity contribution >= 4 is 32.6 Å². The van der Waals surface area contributed by atoms with Crippen LogP contribution in [0.4, 0.5) is 0 Å². The van der Waals surface area contributed by atoms with Crippen LogP contribution in [0.5, 0.6) is 0 Å². The van der Waals surface area contributed by atoms with Gasteiger partial charge in [-0.05, 0) is 73.2 Å². The molecule has 2 aromatic rings. The number of aryl methyl sites for hydroxylation is 3. The lowest BCUT2D eigenvalue weighted by atomic mass is 10.2. The molecule has 0 aliphatic rings. The van der Waals surface area contributed by atoms with Crippen LogP contribution >= 0.6 is 22.6 Å². The Morgan fingerprint density at radius 2 is 1.83 bits per heavy atom. The predicted molar refractivity (Wildman–Crippen MR) is 78.2 cm³/mol. The normalized spacial score (nSPS) is 11.8. The summed E-state index contributed by atoms with van der Waals surface area (Å²) in [7, 11) is -3.59. The largest absolute Gasteiger partial charge is 0.283 e. The van der Waals surface area contributed by atoms with Crippen molar-refractivity contribution < 1.29 is 8.42 Å². The molecule has 6 heteroatoms. The number of rotatable bonds is 2. The number of benzene rings is 1. The van der Waals surface area contributed by atoms with Crippen molar-refractivity contribution in [3.8, 4) is 0 Å². The van der Waals surface area contributed by atoms with E-state index < -0.39 is 10.0 Å². The summed E-state index contributed by atoms with van der Waals surface area (Å²) in [5, 5.41) is 4.05. The van der Waals surface area contributed by atoms with Crippen molar-refractivity contribution in [2.24, 2.45) is 0 Å². The van der Waals surface area contributed by atoms with Crippen LogP contribution < -0.4 is 0 Å².